The van der Waals surface area contributed by atoms with Crippen LogP contribution in [0.5, 0.6) is 0 Å². The van der Waals surface area contributed by atoms with Gasteiger partial charge in [0.2, 0.25) is 10.0 Å². The van der Waals surface area contributed by atoms with E-state index in [4.69, 9.17) is 5.21 Å². The Morgan fingerprint density at radius 2 is 1.75 bits per heavy atom. The van der Waals surface area contributed by atoms with E-state index in [-0.39, 0.29) is 11.4 Å². The van der Waals surface area contributed by atoms with Gasteiger partial charge in [0.25, 0.3) is 5.91 Å². The van der Waals surface area contributed by atoms with Gasteiger partial charge in [-0.2, -0.15) is 4.31 Å². The van der Waals surface area contributed by atoms with Crippen LogP contribution in [0.25, 0.3) is 10.8 Å². The number of rotatable bonds is 7. The van der Waals surface area contributed by atoms with Gasteiger partial charge >= 0.3 is 0 Å². The number of amides is 1. The van der Waals surface area contributed by atoms with Gasteiger partial charge in [0.05, 0.1) is 11.4 Å². The Hall–Kier alpha value is -2.00. The van der Waals surface area contributed by atoms with Crippen LogP contribution in [-0.2, 0) is 14.8 Å². The molecule has 0 aliphatic heterocycles. The predicted octanol–water partition coefficient (Wildman–Crippen LogP) is 0.898. The normalized spacial score (nSPS) is 12.0. The average Bonchev–Trinajstić information content (AvgIpc) is 2.57. The zero-order valence-electron chi connectivity index (χ0n) is 13.6. The van der Waals surface area contributed by atoms with E-state index in [2.05, 4.69) is 0 Å². The molecule has 2 rings (SSSR count). The molecule has 8 heteroatoms. The number of hydroxylamine groups is 1. The lowest BCUT2D eigenvalue weighted by molar-refractivity contribution is -0.129. The third kappa shape index (κ3) is 4.30. The first-order valence-electron chi connectivity index (χ1n) is 7.41. The fourth-order valence-corrected chi connectivity index (χ4v) is 3.69. The highest BCUT2D eigenvalue weighted by Crippen LogP contribution is 2.21. The summed E-state index contributed by atoms with van der Waals surface area (Å²) in [6, 6.07) is 12.3. The van der Waals surface area contributed by atoms with Crippen molar-refractivity contribution in [1.29, 1.82) is 0 Å². The number of benzene rings is 2. The topological polar surface area (TPSA) is 89.9 Å². The molecule has 0 aromatic heterocycles. The van der Waals surface area contributed by atoms with Gasteiger partial charge in [-0.15, -0.1) is 0 Å². The first-order chi connectivity index (χ1) is 11.3. The number of likely N-dealkylation sites (N-methyl/N-ethyl adjacent to an activating group) is 1. The lowest BCUT2D eigenvalue weighted by Crippen LogP contribution is -2.42. The molecule has 7 nitrogen and oxygen atoms in total. The zero-order chi connectivity index (χ0) is 17.7. The van der Waals surface area contributed by atoms with Gasteiger partial charge in [0, 0.05) is 13.1 Å². The van der Waals surface area contributed by atoms with Crippen LogP contribution in [0.1, 0.15) is 0 Å². The fraction of sp³-hybridized carbons (Fsp3) is 0.312. The lowest BCUT2D eigenvalue weighted by Gasteiger charge is -2.23. The highest BCUT2D eigenvalue weighted by molar-refractivity contribution is 7.89. The summed E-state index contributed by atoms with van der Waals surface area (Å²) in [5.74, 6) is -0.780. The highest BCUT2D eigenvalue weighted by Gasteiger charge is 2.26. The van der Waals surface area contributed by atoms with Gasteiger partial charge in [-0.05, 0) is 37.0 Å². The van der Waals surface area contributed by atoms with E-state index in [1.807, 2.05) is 43.3 Å². The Bertz CT molecular complexity index is 821. The molecular formula is C16H21N3O4S. The molecule has 130 valence electrons. The molecule has 0 unspecified atom stereocenters. The smallest absolute Gasteiger partial charge is 0.258 e. The minimum absolute atomic E-state index is 0.116. The van der Waals surface area contributed by atoms with Crippen LogP contribution < -0.4 is 5.48 Å². The minimum Gasteiger partial charge on any atom is -0.308 e. The number of carbonyl (C=O) groups excluding carboxylic acids is 1. The van der Waals surface area contributed by atoms with Gasteiger partial charge < -0.3 is 4.90 Å². The summed E-state index contributed by atoms with van der Waals surface area (Å²) in [6.45, 7) is 0.139. The van der Waals surface area contributed by atoms with Crippen molar-refractivity contribution in [3.8, 4) is 0 Å². The van der Waals surface area contributed by atoms with Crippen LogP contribution >= 0.6 is 0 Å². The number of nitrogens with one attached hydrogen (secondary N) is 1. The molecule has 1 amide bonds. The minimum atomic E-state index is -3.86. The van der Waals surface area contributed by atoms with Crippen molar-refractivity contribution >= 4 is 26.7 Å². The van der Waals surface area contributed by atoms with Crippen LogP contribution in [0, 0.1) is 0 Å². The molecular weight excluding hydrogens is 330 g/mol. The van der Waals surface area contributed by atoms with Crippen molar-refractivity contribution in [3.05, 3.63) is 42.5 Å². The number of hydrogen-bond donors (Lipinski definition) is 2. The first-order valence-corrected chi connectivity index (χ1v) is 8.85. The predicted molar refractivity (Wildman–Crippen MR) is 91.2 cm³/mol. The number of carbonyl (C=O) groups is 1. The summed E-state index contributed by atoms with van der Waals surface area (Å²) in [4.78, 5) is 13.4. The van der Waals surface area contributed by atoms with Crippen molar-refractivity contribution < 1.29 is 18.4 Å². The Balaban J connectivity index is 2.38. The van der Waals surface area contributed by atoms with E-state index in [0.29, 0.717) is 6.54 Å². The summed E-state index contributed by atoms with van der Waals surface area (Å²) in [5.41, 5.74) is 1.48. The summed E-state index contributed by atoms with van der Waals surface area (Å²) >= 11 is 0. The summed E-state index contributed by atoms with van der Waals surface area (Å²) in [7, 11) is -0.234. The third-order valence-electron chi connectivity index (χ3n) is 3.60. The molecule has 0 spiro atoms. The maximum absolute atomic E-state index is 12.9. The Labute approximate surface area is 141 Å². The van der Waals surface area contributed by atoms with Crippen molar-refractivity contribution in [2.45, 2.75) is 4.90 Å². The van der Waals surface area contributed by atoms with Gasteiger partial charge in [-0.25, -0.2) is 13.9 Å². The molecule has 0 saturated carbocycles. The Morgan fingerprint density at radius 3 is 2.38 bits per heavy atom. The quantitative estimate of drug-likeness (QED) is 0.571. The summed E-state index contributed by atoms with van der Waals surface area (Å²) in [6.07, 6.45) is 0. The summed E-state index contributed by atoms with van der Waals surface area (Å²) in [5, 5.41) is 10.4. The molecule has 0 aliphatic carbocycles. The van der Waals surface area contributed by atoms with E-state index in [1.54, 1.807) is 12.1 Å². The molecule has 0 bridgehead atoms. The van der Waals surface area contributed by atoms with Crippen LogP contribution in [0.2, 0.25) is 0 Å². The van der Waals surface area contributed by atoms with E-state index in [1.165, 1.54) is 11.5 Å². The van der Waals surface area contributed by atoms with Crippen molar-refractivity contribution in [1.82, 2.24) is 14.7 Å². The Morgan fingerprint density at radius 1 is 1.08 bits per heavy atom. The summed E-state index contributed by atoms with van der Waals surface area (Å²) < 4.78 is 26.8. The second-order valence-electron chi connectivity index (χ2n) is 5.69. The standard InChI is InChI=1S/C16H21N3O4S/c1-18(2)9-10-19(12-16(20)17-21)24(22,23)15-8-7-13-5-3-4-6-14(13)11-15/h3-8,11,21H,9-10,12H2,1-2H3,(H,17,20). The molecule has 24 heavy (non-hydrogen) atoms. The molecule has 2 aromatic rings. The van der Waals surface area contributed by atoms with Crippen molar-refractivity contribution in [2.24, 2.45) is 0 Å². The monoisotopic (exact) mass is 351 g/mol. The second-order valence-corrected chi connectivity index (χ2v) is 7.62. The molecule has 0 atom stereocenters. The second kappa shape index (κ2) is 7.71. The molecule has 0 saturated heterocycles. The van der Waals surface area contributed by atoms with Crippen molar-refractivity contribution in [3.63, 3.8) is 0 Å². The third-order valence-corrected chi connectivity index (χ3v) is 5.44. The number of sulfonamides is 1. The molecule has 2 N–H and O–H groups in total. The van der Waals surface area contributed by atoms with Crippen LogP contribution in [0.4, 0.5) is 0 Å². The van der Waals surface area contributed by atoms with E-state index in [0.717, 1.165) is 15.1 Å². The Kier molecular flexibility index (Phi) is 5.89. The van der Waals surface area contributed by atoms with Crippen LogP contribution in [0.3, 0.4) is 0 Å². The van der Waals surface area contributed by atoms with Crippen LogP contribution in [-0.4, -0.2) is 62.5 Å². The van der Waals surface area contributed by atoms with Gasteiger partial charge in [-0.3, -0.25) is 10.0 Å². The highest BCUT2D eigenvalue weighted by atomic mass is 32.2. The largest absolute Gasteiger partial charge is 0.308 e. The fourth-order valence-electron chi connectivity index (χ4n) is 2.27. The molecule has 2 aromatic carbocycles. The maximum Gasteiger partial charge on any atom is 0.258 e. The molecule has 0 heterocycles. The molecule has 0 aliphatic rings. The molecule has 0 radical (unpaired) electrons. The zero-order valence-corrected chi connectivity index (χ0v) is 14.5. The van der Waals surface area contributed by atoms with E-state index in [9.17, 15) is 13.2 Å². The van der Waals surface area contributed by atoms with Gasteiger partial charge in [0.1, 0.15) is 0 Å². The van der Waals surface area contributed by atoms with Gasteiger partial charge in [0.15, 0.2) is 0 Å². The van der Waals surface area contributed by atoms with Crippen molar-refractivity contribution in [2.75, 3.05) is 33.7 Å². The number of nitrogens with zero attached hydrogens (tertiary/aromatic N) is 2. The number of hydrogen-bond acceptors (Lipinski definition) is 5. The SMILES string of the molecule is CN(C)CCN(CC(=O)NO)S(=O)(=O)c1ccc2ccccc2c1. The van der Waals surface area contributed by atoms with E-state index >= 15 is 0 Å². The van der Waals surface area contributed by atoms with Gasteiger partial charge in [-0.1, -0.05) is 30.3 Å². The molecule has 0 fully saturated rings. The maximum atomic E-state index is 12.9. The van der Waals surface area contributed by atoms with Crippen LogP contribution in [0.15, 0.2) is 47.4 Å². The average molecular weight is 351 g/mol. The lowest BCUT2D eigenvalue weighted by atomic mass is 10.1. The first kappa shape index (κ1) is 18.3. The number of fused-ring (bicyclic) bond motifs is 1. The van der Waals surface area contributed by atoms with E-state index < -0.39 is 22.5 Å².